The molecule has 0 aromatic carbocycles. The topological polar surface area (TPSA) is 155 Å². The van der Waals surface area contributed by atoms with Gasteiger partial charge >= 0.3 is 5.97 Å². The van der Waals surface area contributed by atoms with E-state index in [9.17, 15) is 9.90 Å². The maximum atomic E-state index is 10.7. The van der Waals surface area contributed by atoms with Gasteiger partial charge in [-0.05, 0) is 23.6 Å². The van der Waals surface area contributed by atoms with Crippen molar-refractivity contribution in [1.29, 1.82) is 0 Å². The van der Waals surface area contributed by atoms with Gasteiger partial charge < -0.3 is 10.2 Å². The van der Waals surface area contributed by atoms with Crippen LogP contribution in [0.3, 0.4) is 0 Å². The first kappa shape index (κ1) is 11.9. The Labute approximate surface area is 89.3 Å². The van der Waals surface area contributed by atoms with Gasteiger partial charge in [0.1, 0.15) is 0 Å². The maximum absolute atomic E-state index is 10.7. The summed E-state index contributed by atoms with van der Waals surface area (Å²) in [6.07, 6.45) is -0.239. The second-order valence-corrected chi connectivity index (χ2v) is 3.16. The molecule has 16 heavy (non-hydrogen) atoms. The summed E-state index contributed by atoms with van der Waals surface area (Å²) in [6.45, 7) is 0. The molecule has 0 saturated carbocycles. The average molecular weight is 224 g/mol. The number of aliphatic hydroxyl groups is 1. The van der Waals surface area contributed by atoms with Crippen molar-refractivity contribution in [2.75, 3.05) is 0 Å². The fraction of sp³-hybridized carbons (Fsp3) is 0.571. The molecule has 1 aliphatic rings. The summed E-state index contributed by atoms with van der Waals surface area (Å²) in [5.41, 5.74) is 16.5. The van der Waals surface area contributed by atoms with E-state index in [1.165, 1.54) is 0 Å². The lowest BCUT2D eigenvalue weighted by Gasteiger charge is -2.27. The molecule has 0 spiro atoms. The summed E-state index contributed by atoms with van der Waals surface area (Å²) in [6, 6.07) is -1.85. The highest BCUT2D eigenvalue weighted by atomic mass is 16.4. The lowest BCUT2D eigenvalue weighted by atomic mass is 9.89. The zero-order valence-electron chi connectivity index (χ0n) is 8.00. The van der Waals surface area contributed by atoms with E-state index in [0.29, 0.717) is 0 Å². The van der Waals surface area contributed by atoms with Crippen LogP contribution >= 0.6 is 0 Å². The molecule has 1 rings (SSSR count). The molecular weight excluding hydrogens is 216 g/mol. The van der Waals surface area contributed by atoms with Crippen molar-refractivity contribution in [2.24, 2.45) is 10.2 Å². The Morgan fingerprint density at radius 1 is 1.44 bits per heavy atom. The molecule has 84 valence electrons. The van der Waals surface area contributed by atoms with Gasteiger partial charge in [-0.25, -0.2) is 4.79 Å². The van der Waals surface area contributed by atoms with Gasteiger partial charge in [0.2, 0.25) is 0 Å². The van der Waals surface area contributed by atoms with E-state index < -0.39 is 24.2 Å². The SMILES string of the molecule is [N-]=[N+]=N[C@H]1[C@H](O)C=C(C(=O)O)C[C@@H]1N=[N+]=[N-]. The molecule has 0 aliphatic heterocycles. The molecule has 0 unspecified atom stereocenters. The molecule has 0 aromatic rings. The van der Waals surface area contributed by atoms with E-state index in [4.69, 9.17) is 16.2 Å². The van der Waals surface area contributed by atoms with Gasteiger partial charge in [0.25, 0.3) is 0 Å². The van der Waals surface area contributed by atoms with Gasteiger partial charge in [0, 0.05) is 15.4 Å². The molecule has 0 amide bonds. The van der Waals surface area contributed by atoms with E-state index >= 15 is 0 Å². The molecular formula is C7H8N6O3. The number of rotatable bonds is 3. The van der Waals surface area contributed by atoms with Gasteiger partial charge in [-0.15, -0.1) is 0 Å². The maximum Gasteiger partial charge on any atom is 0.331 e. The number of aliphatic carboxylic acids is 1. The van der Waals surface area contributed by atoms with Crippen LogP contribution in [0.5, 0.6) is 0 Å². The Balaban J connectivity index is 3.07. The number of hydrogen-bond donors (Lipinski definition) is 2. The molecule has 2 N–H and O–H groups in total. The molecule has 0 bridgehead atoms. The zero-order chi connectivity index (χ0) is 12.1. The highest BCUT2D eigenvalue weighted by Gasteiger charge is 2.33. The molecule has 9 heteroatoms. The van der Waals surface area contributed by atoms with Crippen molar-refractivity contribution in [3.05, 3.63) is 32.5 Å². The average Bonchev–Trinajstić information content (AvgIpc) is 2.23. The lowest BCUT2D eigenvalue weighted by Crippen LogP contribution is -2.38. The Morgan fingerprint density at radius 2 is 2.06 bits per heavy atom. The van der Waals surface area contributed by atoms with Crippen LogP contribution in [0.4, 0.5) is 0 Å². The summed E-state index contributed by atoms with van der Waals surface area (Å²) in [7, 11) is 0. The molecule has 0 saturated heterocycles. The number of aliphatic hydroxyl groups excluding tert-OH is 1. The number of carboxylic acids is 1. The largest absolute Gasteiger partial charge is 0.478 e. The molecule has 0 radical (unpaired) electrons. The van der Waals surface area contributed by atoms with E-state index in [0.717, 1.165) is 6.08 Å². The van der Waals surface area contributed by atoms with E-state index in [1.807, 2.05) is 0 Å². The van der Waals surface area contributed by atoms with Crippen LogP contribution in [-0.2, 0) is 4.79 Å². The first-order valence-corrected chi connectivity index (χ1v) is 4.30. The fourth-order valence-corrected chi connectivity index (χ4v) is 1.49. The van der Waals surface area contributed by atoms with Gasteiger partial charge in [-0.1, -0.05) is 10.2 Å². The first-order valence-electron chi connectivity index (χ1n) is 4.30. The van der Waals surface area contributed by atoms with Crippen LogP contribution < -0.4 is 0 Å². The zero-order valence-corrected chi connectivity index (χ0v) is 8.00. The van der Waals surface area contributed by atoms with E-state index in [-0.39, 0.29) is 12.0 Å². The number of azide groups is 2. The smallest absolute Gasteiger partial charge is 0.331 e. The minimum atomic E-state index is -1.26. The summed E-state index contributed by atoms with van der Waals surface area (Å²) in [4.78, 5) is 15.7. The predicted molar refractivity (Wildman–Crippen MR) is 52.2 cm³/mol. The second kappa shape index (κ2) is 5.04. The van der Waals surface area contributed by atoms with Crippen LogP contribution in [0.2, 0.25) is 0 Å². The summed E-state index contributed by atoms with van der Waals surface area (Å²) in [5.74, 6) is -1.20. The standard InChI is InChI=1S/C7H8N6O3/c8-12-10-4-1-3(7(15)16)2-5(14)6(4)11-13-9/h2,4-6,14H,1H2,(H,15,16)/t4-,5+,6+/m0/s1. The molecule has 3 atom stereocenters. The molecule has 9 nitrogen and oxygen atoms in total. The third-order valence-electron chi connectivity index (χ3n) is 2.20. The first-order chi connectivity index (χ1) is 7.60. The van der Waals surface area contributed by atoms with Gasteiger partial charge in [-0.3, -0.25) is 0 Å². The molecule has 1 aliphatic carbocycles. The molecule has 0 heterocycles. The van der Waals surface area contributed by atoms with Crippen molar-refractivity contribution in [2.45, 2.75) is 24.6 Å². The second-order valence-electron chi connectivity index (χ2n) is 3.16. The third kappa shape index (κ3) is 2.43. The van der Waals surface area contributed by atoms with Crippen LogP contribution in [0.25, 0.3) is 20.9 Å². The Kier molecular flexibility index (Phi) is 3.73. The minimum Gasteiger partial charge on any atom is -0.478 e. The lowest BCUT2D eigenvalue weighted by molar-refractivity contribution is -0.133. The fourth-order valence-electron chi connectivity index (χ4n) is 1.49. The third-order valence-corrected chi connectivity index (χ3v) is 2.20. The van der Waals surface area contributed by atoms with Gasteiger partial charge in [0.05, 0.1) is 18.2 Å². The Morgan fingerprint density at radius 3 is 2.56 bits per heavy atom. The van der Waals surface area contributed by atoms with Crippen molar-refractivity contribution >= 4 is 5.97 Å². The van der Waals surface area contributed by atoms with Crippen LogP contribution in [0.1, 0.15) is 6.42 Å². The number of carbonyl (C=O) groups is 1. The Bertz CT molecular complexity index is 420. The van der Waals surface area contributed by atoms with Crippen molar-refractivity contribution in [3.8, 4) is 0 Å². The summed E-state index contributed by atoms with van der Waals surface area (Å²) < 4.78 is 0. The summed E-state index contributed by atoms with van der Waals surface area (Å²) >= 11 is 0. The van der Waals surface area contributed by atoms with E-state index in [2.05, 4.69) is 20.1 Å². The number of carboxylic acid groups (broad SMARTS) is 1. The molecule has 0 aromatic heterocycles. The number of hydrogen-bond acceptors (Lipinski definition) is 4. The van der Waals surface area contributed by atoms with Crippen LogP contribution in [-0.4, -0.2) is 34.4 Å². The highest BCUT2D eigenvalue weighted by molar-refractivity contribution is 5.87. The van der Waals surface area contributed by atoms with Gasteiger partial charge in [0.15, 0.2) is 0 Å². The van der Waals surface area contributed by atoms with Crippen molar-refractivity contribution in [3.63, 3.8) is 0 Å². The Hall–Kier alpha value is -2.21. The van der Waals surface area contributed by atoms with Crippen molar-refractivity contribution in [1.82, 2.24) is 0 Å². The summed E-state index contributed by atoms with van der Waals surface area (Å²) in [5, 5.41) is 24.9. The van der Waals surface area contributed by atoms with Crippen molar-refractivity contribution < 1.29 is 15.0 Å². The van der Waals surface area contributed by atoms with E-state index in [1.54, 1.807) is 0 Å². The normalized spacial score (nSPS) is 28.3. The quantitative estimate of drug-likeness (QED) is 0.419. The highest BCUT2D eigenvalue weighted by Crippen LogP contribution is 2.25. The minimum absolute atomic E-state index is 0.0608. The monoisotopic (exact) mass is 224 g/mol. The van der Waals surface area contributed by atoms with Crippen LogP contribution in [0, 0.1) is 0 Å². The number of nitrogens with zero attached hydrogens (tertiary/aromatic N) is 6. The molecule has 0 fully saturated rings. The van der Waals surface area contributed by atoms with Crippen LogP contribution in [0.15, 0.2) is 21.9 Å². The predicted octanol–water partition coefficient (Wildman–Crippen LogP) is 1.12. The van der Waals surface area contributed by atoms with Gasteiger partial charge in [-0.2, -0.15) is 0 Å².